The van der Waals surface area contributed by atoms with Gasteiger partial charge in [-0.3, -0.25) is 4.79 Å². The molecule has 0 heterocycles. The minimum absolute atomic E-state index is 0.148. The van der Waals surface area contributed by atoms with E-state index in [1.54, 1.807) is 0 Å². The molecule has 0 spiro atoms. The molecule has 82 valence electrons. The van der Waals surface area contributed by atoms with Gasteiger partial charge in [-0.1, -0.05) is 27.2 Å². The summed E-state index contributed by atoms with van der Waals surface area (Å²) in [5, 5.41) is 3.00. The van der Waals surface area contributed by atoms with E-state index in [1.165, 1.54) is 0 Å². The fraction of sp³-hybridized carbons (Fsp3) is 0.909. The van der Waals surface area contributed by atoms with E-state index >= 15 is 0 Å². The molecule has 0 aromatic carbocycles. The van der Waals surface area contributed by atoms with Crippen LogP contribution < -0.4 is 11.1 Å². The maximum absolute atomic E-state index is 11.8. The van der Waals surface area contributed by atoms with Crippen molar-refractivity contribution in [2.45, 2.75) is 40.0 Å². The Bertz CT molecular complexity index is 208. The maximum atomic E-state index is 11.8. The molecule has 0 aromatic heterocycles. The van der Waals surface area contributed by atoms with Gasteiger partial charge >= 0.3 is 0 Å². The summed E-state index contributed by atoms with van der Waals surface area (Å²) in [7, 11) is 0. The number of carbonyl (C=O) groups excluding carboxylic acids is 1. The van der Waals surface area contributed by atoms with Gasteiger partial charge in [-0.25, -0.2) is 0 Å². The molecule has 1 rings (SSSR count). The van der Waals surface area contributed by atoms with Gasteiger partial charge in [0.2, 0.25) is 5.91 Å². The van der Waals surface area contributed by atoms with E-state index in [-0.39, 0.29) is 16.7 Å². The Morgan fingerprint density at radius 3 is 2.29 bits per heavy atom. The first-order valence-electron chi connectivity index (χ1n) is 5.38. The van der Waals surface area contributed by atoms with Crippen LogP contribution >= 0.6 is 0 Å². The van der Waals surface area contributed by atoms with Gasteiger partial charge < -0.3 is 11.1 Å². The van der Waals surface area contributed by atoms with Crippen LogP contribution in [0.5, 0.6) is 0 Å². The molecule has 1 fully saturated rings. The normalized spacial score (nSPS) is 20.0. The Hall–Kier alpha value is -0.570. The quantitative estimate of drug-likeness (QED) is 0.717. The third kappa shape index (κ3) is 2.47. The lowest BCUT2D eigenvalue weighted by Gasteiger charge is -2.39. The van der Waals surface area contributed by atoms with Crippen LogP contribution in [-0.2, 0) is 4.79 Å². The molecular weight excluding hydrogens is 176 g/mol. The van der Waals surface area contributed by atoms with Crippen molar-refractivity contribution in [2.24, 2.45) is 16.6 Å². The van der Waals surface area contributed by atoms with E-state index < -0.39 is 0 Å². The van der Waals surface area contributed by atoms with E-state index in [9.17, 15) is 4.79 Å². The average Bonchev–Trinajstić information content (AvgIpc) is 1.98. The first kappa shape index (κ1) is 11.5. The summed E-state index contributed by atoms with van der Waals surface area (Å²) < 4.78 is 0. The molecule has 1 aliphatic carbocycles. The number of nitrogens with one attached hydrogen (secondary N) is 1. The summed E-state index contributed by atoms with van der Waals surface area (Å²) in [4.78, 5) is 11.8. The van der Waals surface area contributed by atoms with Gasteiger partial charge in [0, 0.05) is 13.1 Å². The molecule has 3 N–H and O–H groups in total. The van der Waals surface area contributed by atoms with Crippen LogP contribution in [-0.4, -0.2) is 19.0 Å². The predicted molar refractivity (Wildman–Crippen MR) is 57.8 cm³/mol. The van der Waals surface area contributed by atoms with E-state index in [0.29, 0.717) is 6.54 Å². The summed E-state index contributed by atoms with van der Waals surface area (Å²) >= 11 is 0. The third-order valence-corrected chi connectivity index (χ3v) is 2.96. The molecule has 0 radical (unpaired) electrons. The van der Waals surface area contributed by atoms with Crippen molar-refractivity contribution < 1.29 is 4.79 Å². The van der Waals surface area contributed by atoms with Crippen LogP contribution in [0.2, 0.25) is 0 Å². The molecule has 3 nitrogen and oxygen atoms in total. The summed E-state index contributed by atoms with van der Waals surface area (Å²) in [6.07, 6.45) is 3.05. The van der Waals surface area contributed by atoms with Crippen LogP contribution in [0.1, 0.15) is 40.0 Å². The third-order valence-electron chi connectivity index (χ3n) is 2.96. The van der Waals surface area contributed by atoms with Crippen LogP contribution in [0.25, 0.3) is 0 Å². The highest BCUT2D eigenvalue weighted by Gasteiger charge is 2.42. The predicted octanol–water partition coefficient (Wildman–Crippen LogP) is 1.28. The highest BCUT2D eigenvalue weighted by molar-refractivity contribution is 5.83. The van der Waals surface area contributed by atoms with E-state index in [0.717, 1.165) is 25.8 Å². The van der Waals surface area contributed by atoms with Crippen molar-refractivity contribution in [1.29, 1.82) is 0 Å². The summed E-state index contributed by atoms with van der Waals surface area (Å²) in [6, 6.07) is 0. The molecule has 1 saturated carbocycles. The fourth-order valence-electron chi connectivity index (χ4n) is 1.66. The zero-order valence-corrected chi connectivity index (χ0v) is 9.52. The Labute approximate surface area is 86.4 Å². The van der Waals surface area contributed by atoms with Crippen LogP contribution in [0.15, 0.2) is 0 Å². The number of hydrogen-bond acceptors (Lipinski definition) is 2. The molecule has 3 heteroatoms. The van der Waals surface area contributed by atoms with Crippen molar-refractivity contribution in [3.8, 4) is 0 Å². The monoisotopic (exact) mass is 198 g/mol. The standard InChI is InChI=1S/C11H22N2O/c1-10(2,3)8-13-9(14)11(7-12)5-4-6-11/h4-8,12H2,1-3H3,(H,13,14). The van der Waals surface area contributed by atoms with E-state index in [2.05, 4.69) is 26.1 Å². The summed E-state index contributed by atoms with van der Waals surface area (Å²) in [5.41, 5.74) is 5.57. The molecule has 0 unspecified atom stereocenters. The van der Waals surface area contributed by atoms with Crippen LogP contribution in [0, 0.1) is 10.8 Å². The van der Waals surface area contributed by atoms with Crippen LogP contribution in [0.4, 0.5) is 0 Å². The Morgan fingerprint density at radius 2 is 2.00 bits per heavy atom. The molecule has 0 aromatic rings. The zero-order valence-electron chi connectivity index (χ0n) is 9.52. The van der Waals surface area contributed by atoms with Crippen molar-refractivity contribution in [3.63, 3.8) is 0 Å². The highest BCUT2D eigenvalue weighted by Crippen LogP contribution is 2.40. The van der Waals surface area contributed by atoms with Crippen LogP contribution in [0.3, 0.4) is 0 Å². The molecule has 14 heavy (non-hydrogen) atoms. The minimum Gasteiger partial charge on any atom is -0.355 e. The Kier molecular flexibility index (Phi) is 3.20. The topological polar surface area (TPSA) is 55.1 Å². The Morgan fingerprint density at radius 1 is 1.43 bits per heavy atom. The lowest BCUT2D eigenvalue weighted by molar-refractivity contribution is -0.135. The van der Waals surface area contributed by atoms with Gasteiger partial charge in [0.05, 0.1) is 5.41 Å². The molecular formula is C11H22N2O. The molecule has 0 aliphatic heterocycles. The summed E-state index contributed by atoms with van der Waals surface area (Å²) in [5.74, 6) is 0.154. The number of amides is 1. The largest absolute Gasteiger partial charge is 0.355 e. The number of hydrogen-bond donors (Lipinski definition) is 2. The van der Waals surface area contributed by atoms with E-state index in [4.69, 9.17) is 5.73 Å². The van der Waals surface area contributed by atoms with Gasteiger partial charge in [0.15, 0.2) is 0 Å². The second kappa shape index (κ2) is 3.89. The lowest BCUT2D eigenvalue weighted by Crippen LogP contribution is -2.51. The highest BCUT2D eigenvalue weighted by atomic mass is 16.2. The SMILES string of the molecule is CC(C)(C)CNC(=O)C1(CN)CCC1. The van der Waals surface area contributed by atoms with Crippen molar-refractivity contribution >= 4 is 5.91 Å². The summed E-state index contributed by atoms with van der Waals surface area (Å²) in [6.45, 7) is 7.56. The molecule has 1 aliphatic rings. The average molecular weight is 198 g/mol. The number of nitrogens with two attached hydrogens (primary N) is 1. The van der Waals surface area contributed by atoms with Crippen molar-refractivity contribution in [2.75, 3.05) is 13.1 Å². The second-order valence-corrected chi connectivity index (χ2v) is 5.58. The van der Waals surface area contributed by atoms with Crippen molar-refractivity contribution in [1.82, 2.24) is 5.32 Å². The smallest absolute Gasteiger partial charge is 0.227 e. The van der Waals surface area contributed by atoms with Gasteiger partial charge in [0.25, 0.3) is 0 Å². The molecule has 1 amide bonds. The first-order chi connectivity index (χ1) is 6.40. The first-order valence-corrected chi connectivity index (χ1v) is 5.38. The van der Waals surface area contributed by atoms with Gasteiger partial charge in [-0.2, -0.15) is 0 Å². The van der Waals surface area contributed by atoms with E-state index in [1.807, 2.05) is 0 Å². The zero-order chi connectivity index (χ0) is 10.8. The van der Waals surface area contributed by atoms with Gasteiger partial charge in [-0.15, -0.1) is 0 Å². The maximum Gasteiger partial charge on any atom is 0.227 e. The van der Waals surface area contributed by atoms with Gasteiger partial charge in [-0.05, 0) is 18.3 Å². The number of rotatable bonds is 3. The number of carbonyl (C=O) groups is 1. The van der Waals surface area contributed by atoms with Gasteiger partial charge in [0.1, 0.15) is 0 Å². The second-order valence-electron chi connectivity index (χ2n) is 5.58. The minimum atomic E-state index is -0.231. The molecule has 0 atom stereocenters. The Balaban J connectivity index is 2.42. The van der Waals surface area contributed by atoms with Crippen molar-refractivity contribution in [3.05, 3.63) is 0 Å². The fourth-order valence-corrected chi connectivity index (χ4v) is 1.66. The lowest BCUT2D eigenvalue weighted by atomic mass is 9.68. The molecule has 0 saturated heterocycles. The molecule has 0 bridgehead atoms.